The summed E-state index contributed by atoms with van der Waals surface area (Å²) in [5, 5.41) is 6.37. The van der Waals surface area contributed by atoms with Gasteiger partial charge in [-0.2, -0.15) is 13.2 Å². The molecule has 3 rings (SSSR count). The lowest BCUT2D eigenvalue weighted by Crippen LogP contribution is -2.51. The number of para-hydroxylation sites is 1. The van der Waals surface area contributed by atoms with E-state index in [2.05, 4.69) is 22.7 Å². The van der Waals surface area contributed by atoms with Crippen LogP contribution in [0.15, 0.2) is 60.8 Å². The van der Waals surface area contributed by atoms with Crippen molar-refractivity contribution >= 4 is 40.2 Å². The minimum absolute atomic E-state index is 0.0172. The molecule has 216 valence electrons. The van der Waals surface area contributed by atoms with E-state index in [9.17, 15) is 22.8 Å². The summed E-state index contributed by atoms with van der Waals surface area (Å²) < 4.78 is 39.7. The zero-order valence-electron chi connectivity index (χ0n) is 22.4. The van der Waals surface area contributed by atoms with Crippen molar-refractivity contribution < 1.29 is 27.2 Å². The van der Waals surface area contributed by atoms with Crippen LogP contribution in [0, 0.1) is 0 Å². The Bertz CT molecular complexity index is 1270. The number of pyridine rings is 1. The minimum Gasteiger partial charge on any atom is -0.343 e. The molecule has 0 spiro atoms. The van der Waals surface area contributed by atoms with E-state index in [0.717, 1.165) is 42.7 Å². The van der Waals surface area contributed by atoms with Crippen LogP contribution < -0.4 is 22.1 Å². The van der Waals surface area contributed by atoms with Crippen molar-refractivity contribution in [2.75, 3.05) is 56.6 Å². The van der Waals surface area contributed by atoms with Crippen LogP contribution >= 0.6 is 11.8 Å². The largest absolute Gasteiger partial charge is 0.416 e. The molecule has 3 aromatic rings. The monoisotopic (exact) mass is 577 g/mol. The van der Waals surface area contributed by atoms with Gasteiger partial charge in [-0.05, 0) is 29.8 Å². The maximum atomic E-state index is 13.3. The average molecular weight is 578 g/mol. The quantitative estimate of drug-likeness (QED) is 0.173. The molecule has 8 nitrogen and oxygen atoms in total. The molecule has 0 radical (unpaired) electrons. The van der Waals surface area contributed by atoms with E-state index in [-0.39, 0.29) is 18.1 Å². The summed E-state index contributed by atoms with van der Waals surface area (Å²) in [4.78, 5) is 30.4. The van der Waals surface area contributed by atoms with Crippen molar-refractivity contribution in [1.82, 2.24) is 10.3 Å². The molecular formula is C28H36F3N6O2S+. The maximum absolute atomic E-state index is 13.3. The van der Waals surface area contributed by atoms with Gasteiger partial charge in [0.1, 0.15) is 6.04 Å². The van der Waals surface area contributed by atoms with E-state index in [1.807, 2.05) is 24.3 Å². The number of aromatic nitrogens is 1. The Morgan fingerprint density at radius 3 is 2.35 bits per heavy atom. The van der Waals surface area contributed by atoms with Gasteiger partial charge in [-0.1, -0.05) is 30.3 Å². The maximum Gasteiger partial charge on any atom is 0.416 e. The van der Waals surface area contributed by atoms with Gasteiger partial charge in [0.2, 0.25) is 11.8 Å². The zero-order valence-corrected chi connectivity index (χ0v) is 23.2. The summed E-state index contributed by atoms with van der Waals surface area (Å²) in [5.41, 5.74) is 12.4. The van der Waals surface area contributed by atoms with Gasteiger partial charge in [0.15, 0.2) is 0 Å². The number of likely N-dealkylation sites (N-methyl/N-ethyl adjacent to an activating group) is 1. The van der Waals surface area contributed by atoms with Crippen LogP contribution in [0.1, 0.15) is 11.1 Å². The first-order chi connectivity index (χ1) is 19.0. The fourth-order valence-electron chi connectivity index (χ4n) is 4.29. The Balaban J connectivity index is 1.67. The van der Waals surface area contributed by atoms with Crippen molar-refractivity contribution in [3.63, 3.8) is 0 Å². The van der Waals surface area contributed by atoms with Crippen LogP contribution in [-0.4, -0.2) is 78.6 Å². The number of carbonyl (C=O) groups is 2. The highest BCUT2D eigenvalue weighted by Crippen LogP contribution is 2.29. The third-order valence-electron chi connectivity index (χ3n) is 6.58. The number of amides is 2. The van der Waals surface area contributed by atoms with Crippen LogP contribution in [0.3, 0.4) is 0 Å². The predicted octanol–water partition coefficient (Wildman–Crippen LogP) is 3.02. The van der Waals surface area contributed by atoms with Gasteiger partial charge >= 0.3 is 6.18 Å². The van der Waals surface area contributed by atoms with Gasteiger partial charge in [-0.25, -0.2) is 0 Å². The van der Waals surface area contributed by atoms with Gasteiger partial charge < -0.3 is 26.6 Å². The summed E-state index contributed by atoms with van der Waals surface area (Å²) >= 11 is 1.43. The number of thioether (sulfide) groups is 1. The fraction of sp³-hybridized carbons (Fsp3) is 0.393. The smallest absolute Gasteiger partial charge is 0.343 e. The number of anilines is 1. The first-order valence-electron chi connectivity index (χ1n) is 13.0. The van der Waals surface area contributed by atoms with Crippen LogP contribution in [0.5, 0.6) is 0 Å². The van der Waals surface area contributed by atoms with Gasteiger partial charge in [0.25, 0.3) is 0 Å². The molecule has 6 N–H and O–H groups in total. The second-order valence-corrected chi connectivity index (χ2v) is 11.0. The predicted molar refractivity (Wildman–Crippen MR) is 154 cm³/mol. The molecule has 1 aromatic heterocycles. The van der Waals surface area contributed by atoms with E-state index in [1.165, 1.54) is 30.1 Å². The highest BCUT2D eigenvalue weighted by molar-refractivity contribution is 7.99. The first-order valence-corrected chi connectivity index (χ1v) is 14.1. The Morgan fingerprint density at radius 1 is 1.02 bits per heavy atom. The highest BCUT2D eigenvalue weighted by atomic mass is 32.2. The van der Waals surface area contributed by atoms with Crippen molar-refractivity contribution in [2.24, 2.45) is 11.5 Å². The van der Waals surface area contributed by atoms with Gasteiger partial charge in [0, 0.05) is 30.6 Å². The molecule has 1 atom stereocenters. The number of nitrogens with one attached hydrogen (secondary N) is 2. The molecule has 0 aliphatic carbocycles. The number of nitrogens with two attached hydrogens (primary N) is 2. The average Bonchev–Trinajstić information content (AvgIpc) is 2.91. The summed E-state index contributed by atoms with van der Waals surface area (Å²) in [6.45, 7) is 3.42. The normalized spacial score (nSPS) is 12.8. The summed E-state index contributed by atoms with van der Waals surface area (Å²) in [6, 6.07) is 12.7. The van der Waals surface area contributed by atoms with E-state index >= 15 is 0 Å². The van der Waals surface area contributed by atoms with E-state index < -0.39 is 23.7 Å². The van der Waals surface area contributed by atoms with Crippen molar-refractivity contribution in [3.8, 4) is 0 Å². The number of rotatable bonds is 14. The van der Waals surface area contributed by atoms with Gasteiger partial charge in [0.05, 0.1) is 55.4 Å². The molecule has 0 aliphatic heterocycles. The lowest BCUT2D eigenvalue weighted by atomic mass is 10.0. The number of nitrogens with zero attached hydrogens (tertiary/aromatic N) is 2. The molecule has 0 fully saturated rings. The zero-order chi connectivity index (χ0) is 29.2. The van der Waals surface area contributed by atoms with Gasteiger partial charge in [-0.15, -0.1) is 11.8 Å². The lowest BCUT2D eigenvalue weighted by Gasteiger charge is -2.33. The Labute approximate surface area is 236 Å². The number of quaternary nitrogens is 1. The minimum atomic E-state index is -4.47. The van der Waals surface area contributed by atoms with Gasteiger partial charge in [-0.3, -0.25) is 14.6 Å². The van der Waals surface area contributed by atoms with Crippen LogP contribution in [-0.2, 0) is 22.2 Å². The molecule has 2 amide bonds. The Morgan fingerprint density at radius 2 is 1.70 bits per heavy atom. The molecule has 0 saturated heterocycles. The van der Waals surface area contributed by atoms with Crippen molar-refractivity contribution in [1.29, 1.82) is 0 Å². The van der Waals surface area contributed by atoms with E-state index in [4.69, 9.17) is 11.5 Å². The molecule has 0 unspecified atom stereocenters. The third kappa shape index (κ3) is 9.47. The van der Waals surface area contributed by atoms with Crippen LogP contribution in [0.4, 0.5) is 18.9 Å². The number of benzene rings is 2. The van der Waals surface area contributed by atoms with Crippen molar-refractivity contribution in [3.05, 3.63) is 71.9 Å². The second kappa shape index (κ2) is 14.4. The highest BCUT2D eigenvalue weighted by Gasteiger charge is 2.30. The number of alkyl halides is 3. The van der Waals surface area contributed by atoms with Crippen LogP contribution in [0.2, 0.25) is 0 Å². The first kappa shape index (κ1) is 31.3. The number of hydrogen-bond donors (Lipinski definition) is 4. The third-order valence-corrected chi connectivity index (χ3v) is 7.51. The van der Waals surface area contributed by atoms with Crippen LogP contribution in [0.25, 0.3) is 10.9 Å². The molecule has 40 heavy (non-hydrogen) atoms. The standard InChI is InChI=1S/C28H35F3N6O2S/c1-37(12-10-32,13-11-33)14-15-40-19-26(38)36-25(16-20-6-8-22(9-7-20)28(29,30)31)27(39)35-23-17-21-4-2-3-5-24(21)34-18-23/h2-9,17-18,25H,10-16,19,32-33H2,1H3,(H-,35,36,38,39)/p+1/t25-/m1/s1. The van der Waals surface area contributed by atoms with E-state index in [0.29, 0.717) is 34.6 Å². The molecule has 1 heterocycles. The number of hydrogen-bond acceptors (Lipinski definition) is 6. The second-order valence-electron chi connectivity index (χ2n) is 9.85. The number of halogens is 3. The molecule has 0 saturated carbocycles. The number of carbonyl (C=O) groups excluding carboxylic acids is 2. The fourth-order valence-corrected chi connectivity index (χ4v) is 5.27. The summed E-state index contributed by atoms with van der Waals surface area (Å²) in [5.74, 6) is -0.0202. The molecule has 0 aliphatic rings. The molecule has 12 heteroatoms. The summed E-state index contributed by atoms with van der Waals surface area (Å²) in [7, 11) is 2.08. The SMILES string of the molecule is C[N+](CCN)(CCN)CCSCC(=O)N[C@H](Cc1ccc(C(F)(F)F)cc1)C(=O)Nc1cnc2ccccc2c1. The van der Waals surface area contributed by atoms with E-state index in [1.54, 1.807) is 6.07 Å². The molecule has 2 aromatic carbocycles. The lowest BCUT2D eigenvalue weighted by molar-refractivity contribution is -0.904. The summed E-state index contributed by atoms with van der Waals surface area (Å²) in [6.07, 6.45) is -2.93. The molecular weight excluding hydrogens is 541 g/mol. The topological polar surface area (TPSA) is 123 Å². The molecule has 0 bridgehead atoms. The Hall–Kier alpha value is -3.19. The number of fused-ring (bicyclic) bond motifs is 1. The van der Waals surface area contributed by atoms with Crippen molar-refractivity contribution in [2.45, 2.75) is 18.6 Å². The Kier molecular flexibility index (Phi) is 11.3.